The Balaban J connectivity index is 1.82. The van der Waals surface area contributed by atoms with Crippen LogP contribution in [0.4, 0.5) is 0 Å². The topological polar surface area (TPSA) is 61.9 Å². The quantitative estimate of drug-likeness (QED) is 0.492. The van der Waals surface area contributed by atoms with E-state index < -0.39 is 0 Å². The Morgan fingerprint density at radius 3 is 2.77 bits per heavy atom. The Morgan fingerprint density at radius 1 is 1.35 bits per heavy atom. The lowest BCUT2D eigenvalue weighted by Crippen LogP contribution is -2.02. The van der Waals surface area contributed by atoms with Crippen LogP contribution in [-0.2, 0) is 13.6 Å². The Morgan fingerprint density at radius 2 is 2.15 bits per heavy atom. The predicted octanol–water partition coefficient (Wildman–Crippen LogP) is 3.53. The molecule has 0 bridgehead atoms. The van der Waals surface area contributed by atoms with Crippen molar-refractivity contribution in [2.45, 2.75) is 13.5 Å². The normalized spacial score (nSPS) is 11.2. The van der Waals surface area contributed by atoms with Crippen molar-refractivity contribution in [2.24, 2.45) is 7.05 Å². The van der Waals surface area contributed by atoms with E-state index in [-0.39, 0.29) is 5.78 Å². The number of ketones is 1. The minimum absolute atomic E-state index is 0.0770. The van der Waals surface area contributed by atoms with Gasteiger partial charge in [0.15, 0.2) is 5.78 Å². The van der Waals surface area contributed by atoms with E-state index in [1.807, 2.05) is 25.1 Å². The van der Waals surface area contributed by atoms with E-state index in [1.165, 1.54) is 0 Å². The van der Waals surface area contributed by atoms with Gasteiger partial charge in [0.05, 0.1) is 36.1 Å². The summed E-state index contributed by atoms with van der Waals surface area (Å²) in [6.07, 6.45) is 8.40. The van der Waals surface area contributed by atoms with Crippen LogP contribution >= 0.6 is 11.6 Å². The van der Waals surface area contributed by atoms with E-state index in [0.29, 0.717) is 22.8 Å². The molecule has 0 atom stereocenters. The summed E-state index contributed by atoms with van der Waals surface area (Å²) in [6.45, 7) is 2.34. The average molecular weight is 371 g/mol. The number of methoxy groups -OCH3 is 1. The minimum atomic E-state index is -0.0770. The molecule has 2 aromatic heterocycles. The Bertz CT molecular complexity index is 972. The monoisotopic (exact) mass is 370 g/mol. The summed E-state index contributed by atoms with van der Waals surface area (Å²) in [5.74, 6) is 0.676. The van der Waals surface area contributed by atoms with Gasteiger partial charge in [0.1, 0.15) is 5.75 Å². The number of aromatic nitrogens is 4. The summed E-state index contributed by atoms with van der Waals surface area (Å²) in [5, 5.41) is 8.97. The second-order valence-corrected chi connectivity index (χ2v) is 6.36. The van der Waals surface area contributed by atoms with Crippen molar-refractivity contribution in [3.8, 4) is 5.75 Å². The number of rotatable bonds is 6. The molecule has 134 valence electrons. The lowest BCUT2D eigenvalue weighted by atomic mass is 10.1. The van der Waals surface area contributed by atoms with E-state index in [9.17, 15) is 4.79 Å². The summed E-state index contributed by atoms with van der Waals surface area (Å²) in [6, 6.07) is 5.74. The molecule has 0 amide bonds. The Hall–Kier alpha value is -2.86. The van der Waals surface area contributed by atoms with Crippen molar-refractivity contribution in [1.82, 2.24) is 19.6 Å². The molecule has 0 fully saturated rings. The molecule has 0 aliphatic rings. The van der Waals surface area contributed by atoms with Crippen molar-refractivity contribution in [2.75, 3.05) is 7.11 Å². The molecule has 3 rings (SSSR count). The van der Waals surface area contributed by atoms with Crippen LogP contribution in [0.15, 0.2) is 42.9 Å². The van der Waals surface area contributed by atoms with Gasteiger partial charge in [-0.15, -0.1) is 0 Å². The standard InChI is InChI=1S/C19H19ClN4O2/c1-13-17(12-23(2)22-13)18(25)6-4-14-5-7-19(26-3)15(8-14)10-24-11-16(20)9-21-24/h4-9,11-12H,10H2,1-3H3/b6-4+. The van der Waals surface area contributed by atoms with Crippen LogP contribution in [0, 0.1) is 6.92 Å². The maximum Gasteiger partial charge on any atom is 0.189 e. The number of nitrogens with zero attached hydrogens (tertiary/aromatic N) is 4. The fourth-order valence-corrected chi connectivity index (χ4v) is 2.88. The van der Waals surface area contributed by atoms with Gasteiger partial charge in [0.2, 0.25) is 0 Å². The third-order valence-corrected chi connectivity index (χ3v) is 4.14. The summed E-state index contributed by atoms with van der Waals surface area (Å²) < 4.78 is 8.79. The molecule has 0 N–H and O–H groups in total. The lowest BCUT2D eigenvalue weighted by molar-refractivity contribution is 0.104. The van der Waals surface area contributed by atoms with Gasteiger partial charge in [-0.3, -0.25) is 14.2 Å². The first-order chi connectivity index (χ1) is 12.5. The molecule has 7 heteroatoms. The zero-order valence-corrected chi connectivity index (χ0v) is 15.6. The van der Waals surface area contributed by atoms with Crippen LogP contribution in [0.25, 0.3) is 6.08 Å². The Kier molecular flexibility index (Phi) is 5.23. The van der Waals surface area contributed by atoms with Crippen molar-refractivity contribution in [1.29, 1.82) is 0 Å². The first-order valence-corrected chi connectivity index (χ1v) is 8.41. The van der Waals surface area contributed by atoms with Gasteiger partial charge < -0.3 is 4.74 Å². The number of hydrogen-bond acceptors (Lipinski definition) is 4. The molecular weight excluding hydrogens is 352 g/mol. The zero-order chi connectivity index (χ0) is 18.7. The summed E-state index contributed by atoms with van der Waals surface area (Å²) in [7, 11) is 3.42. The third-order valence-electron chi connectivity index (χ3n) is 3.94. The summed E-state index contributed by atoms with van der Waals surface area (Å²) in [4.78, 5) is 12.4. The molecule has 0 saturated heterocycles. The van der Waals surface area contributed by atoms with Gasteiger partial charge in [0.25, 0.3) is 0 Å². The highest BCUT2D eigenvalue weighted by molar-refractivity contribution is 6.30. The van der Waals surface area contributed by atoms with Crippen LogP contribution < -0.4 is 4.74 Å². The van der Waals surface area contributed by atoms with Crippen LogP contribution in [0.2, 0.25) is 5.02 Å². The number of ether oxygens (including phenoxy) is 1. The van der Waals surface area contributed by atoms with Gasteiger partial charge in [-0.1, -0.05) is 23.7 Å². The van der Waals surface area contributed by atoms with E-state index >= 15 is 0 Å². The molecule has 0 unspecified atom stereocenters. The molecule has 6 nitrogen and oxygen atoms in total. The van der Waals surface area contributed by atoms with Crippen LogP contribution in [-0.4, -0.2) is 32.5 Å². The van der Waals surface area contributed by atoms with Gasteiger partial charge in [-0.2, -0.15) is 10.2 Å². The van der Waals surface area contributed by atoms with Crippen molar-refractivity contribution in [3.05, 3.63) is 70.3 Å². The van der Waals surface area contributed by atoms with Gasteiger partial charge in [-0.25, -0.2) is 0 Å². The van der Waals surface area contributed by atoms with Crippen molar-refractivity contribution >= 4 is 23.5 Å². The zero-order valence-electron chi connectivity index (χ0n) is 14.8. The molecule has 1 aromatic carbocycles. The molecule has 26 heavy (non-hydrogen) atoms. The molecule has 3 aromatic rings. The molecule has 0 saturated carbocycles. The molecule has 0 aliphatic carbocycles. The largest absolute Gasteiger partial charge is 0.496 e. The predicted molar refractivity (Wildman–Crippen MR) is 101 cm³/mol. The highest BCUT2D eigenvalue weighted by Crippen LogP contribution is 2.22. The number of aryl methyl sites for hydroxylation is 2. The first kappa shape index (κ1) is 17.9. The Labute approximate surface area is 156 Å². The fraction of sp³-hybridized carbons (Fsp3) is 0.211. The minimum Gasteiger partial charge on any atom is -0.496 e. The highest BCUT2D eigenvalue weighted by Gasteiger charge is 2.10. The number of benzene rings is 1. The summed E-state index contributed by atoms with van der Waals surface area (Å²) >= 11 is 5.92. The number of carbonyl (C=O) groups excluding carboxylic acids is 1. The number of halogens is 1. The van der Waals surface area contributed by atoms with Crippen molar-refractivity contribution < 1.29 is 9.53 Å². The molecular formula is C19H19ClN4O2. The molecule has 0 aliphatic heterocycles. The van der Waals surface area contributed by atoms with Gasteiger partial charge >= 0.3 is 0 Å². The van der Waals surface area contributed by atoms with Crippen LogP contribution in [0.3, 0.4) is 0 Å². The first-order valence-electron chi connectivity index (χ1n) is 8.04. The highest BCUT2D eigenvalue weighted by atomic mass is 35.5. The third kappa shape index (κ3) is 4.03. The smallest absolute Gasteiger partial charge is 0.189 e. The van der Waals surface area contributed by atoms with Gasteiger partial charge in [0, 0.05) is 25.0 Å². The van der Waals surface area contributed by atoms with Crippen LogP contribution in [0.5, 0.6) is 5.75 Å². The number of hydrogen-bond donors (Lipinski definition) is 0. The van der Waals surface area contributed by atoms with E-state index in [2.05, 4.69) is 10.2 Å². The SMILES string of the molecule is COc1ccc(/C=C/C(=O)c2cn(C)nc2C)cc1Cn1cc(Cl)cn1. The maximum absolute atomic E-state index is 12.4. The van der Waals surface area contributed by atoms with E-state index in [4.69, 9.17) is 16.3 Å². The summed E-state index contributed by atoms with van der Waals surface area (Å²) in [5.41, 5.74) is 3.16. The van der Waals surface area contributed by atoms with Gasteiger partial charge in [-0.05, 0) is 30.7 Å². The second kappa shape index (κ2) is 7.58. The van der Waals surface area contributed by atoms with Crippen LogP contribution in [0.1, 0.15) is 27.2 Å². The fourth-order valence-electron chi connectivity index (χ4n) is 2.73. The molecule has 2 heterocycles. The molecule has 0 radical (unpaired) electrons. The number of allylic oxidation sites excluding steroid dienone is 1. The number of carbonyl (C=O) groups is 1. The van der Waals surface area contributed by atoms with E-state index in [1.54, 1.807) is 54.3 Å². The molecule has 0 spiro atoms. The van der Waals surface area contributed by atoms with Crippen molar-refractivity contribution in [3.63, 3.8) is 0 Å². The maximum atomic E-state index is 12.4. The average Bonchev–Trinajstić information content (AvgIpc) is 3.17. The lowest BCUT2D eigenvalue weighted by Gasteiger charge is -2.09. The van der Waals surface area contributed by atoms with E-state index in [0.717, 1.165) is 16.9 Å². The second-order valence-electron chi connectivity index (χ2n) is 5.93.